The van der Waals surface area contributed by atoms with E-state index < -0.39 is 27.4 Å². The highest BCUT2D eigenvalue weighted by Gasteiger charge is 2.25. The van der Waals surface area contributed by atoms with Crippen LogP contribution in [0, 0.1) is 0 Å². The van der Waals surface area contributed by atoms with Gasteiger partial charge in [-0.05, 0) is 27.2 Å². The van der Waals surface area contributed by atoms with Gasteiger partial charge in [-0.1, -0.05) is 31.9 Å². The average molecular weight is 403 g/mol. The standard InChI is InChI=1S/C11H17Br2NO5/c1-11(2,3)19-10(18)14-6(9(16)17)4-5-7(15)8(12)13/h6,8H,4-5H2,1-3H3,(H,14,18)(H,16,17). The highest BCUT2D eigenvalue weighted by molar-refractivity contribution is 9.25. The van der Waals surface area contributed by atoms with E-state index in [0.29, 0.717) is 0 Å². The first kappa shape index (κ1) is 18.4. The Kier molecular flexibility index (Phi) is 7.58. The summed E-state index contributed by atoms with van der Waals surface area (Å²) in [5.74, 6) is -1.41. The lowest BCUT2D eigenvalue weighted by Crippen LogP contribution is -2.43. The third-order valence-corrected chi connectivity index (χ3v) is 2.93. The SMILES string of the molecule is CC(C)(C)OC(=O)NC(CCC(=O)C(Br)Br)C(=O)O. The number of rotatable bonds is 6. The van der Waals surface area contributed by atoms with Crippen molar-refractivity contribution >= 4 is 49.7 Å². The minimum Gasteiger partial charge on any atom is -0.480 e. The molecule has 0 aliphatic heterocycles. The van der Waals surface area contributed by atoms with Gasteiger partial charge in [0.2, 0.25) is 0 Å². The molecule has 0 heterocycles. The molecule has 1 unspecified atom stereocenters. The smallest absolute Gasteiger partial charge is 0.408 e. The lowest BCUT2D eigenvalue weighted by Gasteiger charge is -2.21. The van der Waals surface area contributed by atoms with Crippen molar-refractivity contribution in [3.8, 4) is 0 Å². The highest BCUT2D eigenvalue weighted by atomic mass is 79.9. The molecule has 0 aliphatic carbocycles. The Balaban J connectivity index is 4.39. The van der Waals surface area contributed by atoms with Crippen molar-refractivity contribution in [2.24, 2.45) is 0 Å². The fraction of sp³-hybridized carbons (Fsp3) is 0.727. The van der Waals surface area contributed by atoms with Crippen molar-refractivity contribution < 1.29 is 24.2 Å². The topological polar surface area (TPSA) is 92.7 Å². The quantitative estimate of drug-likeness (QED) is 0.665. The van der Waals surface area contributed by atoms with Gasteiger partial charge in [-0.15, -0.1) is 0 Å². The first-order valence-electron chi connectivity index (χ1n) is 5.56. The number of carbonyl (C=O) groups is 3. The molecular formula is C11H17Br2NO5. The second-order valence-electron chi connectivity index (χ2n) is 4.84. The van der Waals surface area contributed by atoms with Crippen LogP contribution in [0.5, 0.6) is 0 Å². The third kappa shape index (κ3) is 8.99. The van der Waals surface area contributed by atoms with Crippen LogP contribution in [0.3, 0.4) is 0 Å². The number of hydrogen-bond donors (Lipinski definition) is 2. The van der Waals surface area contributed by atoms with Crippen molar-refractivity contribution in [2.45, 2.75) is 49.0 Å². The van der Waals surface area contributed by atoms with Gasteiger partial charge < -0.3 is 15.2 Å². The molecule has 19 heavy (non-hydrogen) atoms. The zero-order valence-electron chi connectivity index (χ0n) is 10.9. The number of halogens is 2. The number of hydrogen-bond acceptors (Lipinski definition) is 4. The van der Waals surface area contributed by atoms with Crippen LogP contribution < -0.4 is 5.32 Å². The van der Waals surface area contributed by atoms with Gasteiger partial charge in [-0.2, -0.15) is 0 Å². The van der Waals surface area contributed by atoms with E-state index in [1.807, 2.05) is 0 Å². The van der Waals surface area contributed by atoms with Crippen LogP contribution in [0.4, 0.5) is 4.79 Å². The Hall–Kier alpha value is -0.630. The van der Waals surface area contributed by atoms with Crippen molar-refractivity contribution in [1.82, 2.24) is 5.32 Å². The minimum atomic E-state index is -1.21. The molecule has 0 aromatic rings. The van der Waals surface area contributed by atoms with Crippen LogP contribution in [0.2, 0.25) is 0 Å². The van der Waals surface area contributed by atoms with Crippen molar-refractivity contribution in [1.29, 1.82) is 0 Å². The lowest BCUT2D eigenvalue weighted by molar-refractivity contribution is -0.139. The van der Waals surface area contributed by atoms with E-state index in [-0.39, 0.29) is 18.6 Å². The molecule has 0 radical (unpaired) electrons. The van der Waals surface area contributed by atoms with Crippen LogP contribution in [0.1, 0.15) is 33.6 Å². The van der Waals surface area contributed by atoms with Crippen molar-refractivity contribution in [3.63, 3.8) is 0 Å². The summed E-state index contributed by atoms with van der Waals surface area (Å²) >= 11 is 6.05. The summed E-state index contributed by atoms with van der Waals surface area (Å²) in [6.45, 7) is 5.02. The summed E-state index contributed by atoms with van der Waals surface area (Å²) in [7, 11) is 0. The number of carboxylic acids is 1. The Labute approximate surface area is 128 Å². The number of carbonyl (C=O) groups excluding carboxylic acids is 2. The van der Waals surface area contributed by atoms with Gasteiger partial charge in [-0.25, -0.2) is 9.59 Å². The van der Waals surface area contributed by atoms with Crippen LogP contribution in [-0.4, -0.2) is 38.3 Å². The lowest BCUT2D eigenvalue weighted by atomic mass is 10.1. The second kappa shape index (κ2) is 7.84. The fourth-order valence-electron chi connectivity index (χ4n) is 1.10. The first-order chi connectivity index (χ1) is 8.53. The molecule has 2 N–H and O–H groups in total. The number of ketones is 1. The molecule has 6 nitrogen and oxygen atoms in total. The van der Waals surface area contributed by atoms with Gasteiger partial charge in [0.05, 0.1) is 0 Å². The zero-order chi connectivity index (χ0) is 15.2. The molecule has 1 amide bonds. The number of ether oxygens (including phenoxy) is 1. The van der Waals surface area contributed by atoms with Gasteiger partial charge in [0.1, 0.15) is 15.4 Å². The Morgan fingerprint density at radius 3 is 2.16 bits per heavy atom. The number of carboxylic acid groups (broad SMARTS) is 1. The molecule has 8 heteroatoms. The molecule has 1 atom stereocenters. The minimum absolute atomic E-state index is 0.00110. The molecular weight excluding hydrogens is 386 g/mol. The summed E-state index contributed by atoms with van der Waals surface area (Å²) in [6, 6.07) is -1.16. The van der Waals surface area contributed by atoms with Gasteiger partial charge in [0.25, 0.3) is 0 Å². The molecule has 0 aromatic heterocycles. The number of aliphatic carboxylic acids is 1. The Bertz CT molecular complexity index is 351. The van der Waals surface area contributed by atoms with E-state index in [9.17, 15) is 14.4 Å². The molecule has 0 saturated carbocycles. The van der Waals surface area contributed by atoms with Gasteiger partial charge in [-0.3, -0.25) is 4.79 Å². The van der Waals surface area contributed by atoms with E-state index in [4.69, 9.17) is 9.84 Å². The molecule has 0 spiro atoms. The maximum Gasteiger partial charge on any atom is 0.408 e. The summed E-state index contributed by atoms with van der Waals surface area (Å²) < 4.78 is 4.44. The van der Waals surface area contributed by atoms with E-state index in [1.165, 1.54) is 0 Å². The predicted molar refractivity (Wildman–Crippen MR) is 76.7 cm³/mol. The molecule has 0 fully saturated rings. The van der Waals surface area contributed by atoms with E-state index >= 15 is 0 Å². The first-order valence-corrected chi connectivity index (χ1v) is 7.39. The molecule has 0 aliphatic rings. The molecule has 110 valence electrons. The molecule has 0 saturated heterocycles. The van der Waals surface area contributed by atoms with Crippen molar-refractivity contribution in [3.05, 3.63) is 0 Å². The highest BCUT2D eigenvalue weighted by Crippen LogP contribution is 2.14. The second-order valence-corrected chi connectivity index (χ2v) is 7.90. The summed E-state index contributed by atoms with van der Waals surface area (Å²) in [5.41, 5.74) is -0.709. The van der Waals surface area contributed by atoms with Crippen LogP contribution in [-0.2, 0) is 14.3 Å². The molecule has 0 aromatic carbocycles. The Morgan fingerprint density at radius 1 is 1.26 bits per heavy atom. The largest absolute Gasteiger partial charge is 0.480 e. The number of nitrogens with one attached hydrogen (secondary N) is 1. The summed E-state index contributed by atoms with van der Waals surface area (Å²) in [4.78, 5) is 33.8. The maximum absolute atomic E-state index is 11.5. The van der Waals surface area contributed by atoms with Gasteiger partial charge in [0.15, 0.2) is 5.78 Å². The Morgan fingerprint density at radius 2 is 1.79 bits per heavy atom. The molecule has 0 bridgehead atoms. The molecule has 0 rings (SSSR count). The van der Waals surface area contributed by atoms with Gasteiger partial charge in [0, 0.05) is 6.42 Å². The fourth-order valence-corrected chi connectivity index (χ4v) is 1.56. The van der Waals surface area contributed by atoms with E-state index in [2.05, 4.69) is 37.2 Å². The van der Waals surface area contributed by atoms with Crippen LogP contribution in [0.25, 0.3) is 0 Å². The number of alkyl halides is 2. The monoisotopic (exact) mass is 401 g/mol. The van der Waals surface area contributed by atoms with Crippen LogP contribution >= 0.6 is 31.9 Å². The summed E-state index contributed by atoms with van der Waals surface area (Å²) in [5, 5.41) is 11.2. The maximum atomic E-state index is 11.5. The zero-order valence-corrected chi connectivity index (χ0v) is 14.1. The van der Waals surface area contributed by atoms with Gasteiger partial charge >= 0.3 is 12.1 Å². The normalized spacial score (nSPS) is 12.9. The van der Waals surface area contributed by atoms with Crippen molar-refractivity contribution in [2.75, 3.05) is 0 Å². The summed E-state index contributed by atoms with van der Waals surface area (Å²) in [6.07, 6.45) is -0.795. The van der Waals surface area contributed by atoms with Crippen LogP contribution in [0.15, 0.2) is 0 Å². The number of Topliss-reactive ketones (excluding diaryl/α,β-unsaturated/α-hetero) is 1. The van der Waals surface area contributed by atoms with E-state index in [1.54, 1.807) is 20.8 Å². The third-order valence-electron chi connectivity index (χ3n) is 1.91. The average Bonchev–Trinajstić information content (AvgIpc) is 2.20. The predicted octanol–water partition coefficient (Wildman–Crippen LogP) is 2.43. The van der Waals surface area contributed by atoms with E-state index in [0.717, 1.165) is 0 Å². The number of amides is 1. The number of alkyl carbamates (subject to hydrolysis) is 1.